The van der Waals surface area contributed by atoms with Crippen LogP contribution in [0.25, 0.3) is 21.9 Å². The summed E-state index contributed by atoms with van der Waals surface area (Å²) in [5.41, 5.74) is 14.8. The fourth-order valence-electron chi connectivity index (χ4n) is 4.78. The Morgan fingerprint density at radius 3 is 1.57 bits per heavy atom. The molecule has 0 saturated carbocycles. The standard InChI is InChI=1S/C30H32F2N2O6/c1-17(25-13-21(31)11-19-5-7-37-29(19)25)9-23(33)15-39-27(35)3-4-28(36)40-16-24(34)10-18(2)26-14-22(32)12-20-6-8-38-30(20)26/h3-8,11-14,17-18,23-24H,9-10,15-16,33-34H2,1-2H3/b4-3+. The van der Waals surface area contributed by atoms with Crippen molar-refractivity contribution in [3.05, 3.63) is 83.8 Å². The van der Waals surface area contributed by atoms with Crippen LogP contribution < -0.4 is 11.5 Å². The third-order valence-electron chi connectivity index (χ3n) is 6.70. The molecule has 2 heterocycles. The highest BCUT2D eigenvalue weighted by Gasteiger charge is 2.19. The highest BCUT2D eigenvalue weighted by atomic mass is 19.1. The summed E-state index contributed by atoms with van der Waals surface area (Å²) in [5, 5.41) is 1.33. The van der Waals surface area contributed by atoms with E-state index in [1.807, 2.05) is 13.8 Å². The lowest BCUT2D eigenvalue weighted by atomic mass is 9.93. The van der Waals surface area contributed by atoms with Crippen molar-refractivity contribution in [1.29, 1.82) is 0 Å². The van der Waals surface area contributed by atoms with Crippen LogP contribution in [0.3, 0.4) is 0 Å². The predicted molar refractivity (Wildman–Crippen MR) is 145 cm³/mol. The molecule has 0 fully saturated rings. The van der Waals surface area contributed by atoms with Crippen molar-refractivity contribution in [2.75, 3.05) is 13.2 Å². The largest absolute Gasteiger partial charge is 0.464 e. The van der Waals surface area contributed by atoms with Gasteiger partial charge in [0.25, 0.3) is 0 Å². The Balaban J connectivity index is 1.18. The van der Waals surface area contributed by atoms with E-state index in [1.54, 1.807) is 12.1 Å². The first-order valence-electron chi connectivity index (χ1n) is 13.0. The van der Waals surface area contributed by atoms with Crippen LogP contribution in [0.1, 0.15) is 49.7 Å². The van der Waals surface area contributed by atoms with Crippen LogP contribution in [0.15, 0.2) is 69.9 Å². The van der Waals surface area contributed by atoms with Crippen molar-refractivity contribution in [3.63, 3.8) is 0 Å². The molecular formula is C30H32F2N2O6. The van der Waals surface area contributed by atoms with Gasteiger partial charge in [-0.15, -0.1) is 0 Å². The van der Waals surface area contributed by atoms with Crippen molar-refractivity contribution < 1.29 is 36.7 Å². The van der Waals surface area contributed by atoms with Gasteiger partial charge >= 0.3 is 11.9 Å². The van der Waals surface area contributed by atoms with E-state index in [1.165, 1.54) is 36.8 Å². The summed E-state index contributed by atoms with van der Waals surface area (Å²) in [4.78, 5) is 24.1. The zero-order chi connectivity index (χ0) is 28.8. The maximum absolute atomic E-state index is 13.9. The number of ether oxygens (including phenoxy) is 2. The fraction of sp³-hybridized carbons (Fsp3) is 0.333. The molecule has 4 N–H and O–H groups in total. The second-order valence-electron chi connectivity index (χ2n) is 10.1. The molecule has 0 aliphatic heterocycles. The summed E-state index contributed by atoms with van der Waals surface area (Å²) in [5.74, 6) is -2.56. The van der Waals surface area contributed by atoms with Crippen molar-refractivity contribution in [2.24, 2.45) is 11.5 Å². The number of nitrogens with two attached hydrogens (primary N) is 2. The molecule has 4 atom stereocenters. The van der Waals surface area contributed by atoms with Gasteiger partial charge in [0.2, 0.25) is 0 Å². The van der Waals surface area contributed by atoms with E-state index in [9.17, 15) is 18.4 Å². The molecule has 10 heteroatoms. The van der Waals surface area contributed by atoms with Gasteiger partial charge in [0.05, 0.1) is 12.5 Å². The average Bonchev–Trinajstić information content (AvgIpc) is 3.57. The predicted octanol–water partition coefficient (Wildman–Crippen LogP) is 5.44. The Morgan fingerprint density at radius 2 is 1.18 bits per heavy atom. The molecule has 40 heavy (non-hydrogen) atoms. The van der Waals surface area contributed by atoms with Crippen molar-refractivity contribution in [3.8, 4) is 0 Å². The zero-order valence-electron chi connectivity index (χ0n) is 22.3. The third kappa shape index (κ3) is 7.34. The monoisotopic (exact) mass is 554 g/mol. The lowest BCUT2D eigenvalue weighted by molar-refractivity contribution is -0.141. The highest BCUT2D eigenvalue weighted by Crippen LogP contribution is 2.31. The molecular weight excluding hydrogens is 522 g/mol. The van der Waals surface area contributed by atoms with Gasteiger partial charge in [-0.1, -0.05) is 13.8 Å². The molecule has 2 aromatic heterocycles. The van der Waals surface area contributed by atoms with Crippen LogP contribution in [-0.4, -0.2) is 37.2 Å². The lowest BCUT2D eigenvalue weighted by Crippen LogP contribution is -2.29. The van der Waals surface area contributed by atoms with Gasteiger partial charge in [-0.25, -0.2) is 18.4 Å². The number of furan rings is 2. The summed E-state index contributed by atoms with van der Waals surface area (Å²) in [6.07, 6.45) is 5.72. The van der Waals surface area contributed by atoms with E-state index in [2.05, 4.69) is 0 Å². The van der Waals surface area contributed by atoms with E-state index in [0.29, 0.717) is 45.9 Å². The number of benzene rings is 2. The number of carbonyl (C=O) groups is 2. The Bertz CT molecular complexity index is 1400. The Hall–Kier alpha value is -4.02. The number of esters is 2. The minimum absolute atomic E-state index is 0.0923. The molecule has 2 aromatic carbocycles. The van der Waals surface area contributed by atoms with E-state index in [4.69, 9.17) is 29.8 Å². The normalized spacial score (nSPS) is 14.8. The summed E-state index contributed by atoms with van der Waals surface area (Å²) >= 11 is 0. The third-order valence-corrected chi connectivity index (χ3v) is 6.70. The number of hydrogen-bond acceptors (Lipinski definition) is 8. The molecule has 4 rings (SSSR count). The molecule has 4 aromatic rings. The Kier molecular flexibility index (Phi) is 9.34. The molecule has 0 aliphatic rings. The van der Waals surface area contributed by atoms with E-state index < -0.39 is 24.0 Å². The number of rotatable bonds is 12. The van der Waals surface area contributed by atoms with Crippen LogP contribution in [0, 0.1) is 11.6 Å². The molecule has 0 amide bonds. The minimum Gasteiger partial charge on any atom is -0.464 e. The molecule has 0 saturated heterocycles. The van der Waals surface area contributed by atoms with Gasteiger partial charge < -0.3 is 29.8 Å². The molecule has 4 unspecified atom stereocenters. The van der Waals surface area contributed by atoms with E-state index in [0.717, 1.165) is 12.2 Å². The first kappa shape index (κ1) is 29.0. The van der Waals surface area contributed by atoms with Gasteiger partial charge in [0, 0.05) is 46.1 Å². The highest BCUT2D eigenvalue weighted by molar-refractivity contribution is 5.91. The first-order valence-corrected chi connectivity index (χ1v) is 13.0. The van der Waals surface area contributed by atoms with Crippen LogP contribution in [0.2, 0.25) is 0 Å². The second-order valence-corrected chi connectivity index (χ2v) is 10.1. The van der Waals surface area contributed by atoms with Gasteiger partial charge in [-0.05, 0) is 61.1 Å². The van der Waals surface area contributed by atoms with Crippen LogP contribution in [0.5, 0.6) is 0 Å². The molecule has 0 spiro atoms. The lowest BCUT2D eigenvalue weighted by Gasteiger charge is -2.18. The summed E-state index contributed by atoms with van der Waals surface area (Å²) in [6.45, 7) is 3.58. The molecule has 8 nitrogen and oxygen atoms in total. The van der Waals surface area contributed by atoms with E-state index in [-0.39, 0.29) is 36.7 Å². The van der Waals surface area contributed by atoms with Gasteiger partial charge in [0.1, 0.15) is 36.0 Å². The fourth-order valence-corrected chi connectivity index (χ4v) is 4.78. The summed E-state index contributed by atoms with van der Waals surface area (Å²) < 4.78 is 49.1. The van der Waals surface area contributed by atoms with E-state index >= 15 is 0 Å². The maximum atomic E-state index is 13.9. The van der Waals surface area contributed by atoms with Crippen LogP contribution in [0.4, 0.5) is 8.78 Å². The molecule has 0 radical (unpaired) electrons. The molecule has 0 aliphatic carbocycles. The number of hydrogen-bond donors (Lipinski definition) is 2. The van der Waals surface area contributed by atoms with Crippen molar-refractivity contribution in [1.82, 2.24) is 0 Å². The van der Waals surface area contributed by atoms with Crippen LogP contribution >= 0.6 is 0 Å². The van der Waals surface area contributed by atoms with Crippen molar-refractivity contribution >= 4 is 33.9 Å². The SMILES string of the molecule is CC(CC(N)COC(=O)/C=C/C(=O)OCC(N)CC(C)c1cc(F)cc2ccoc12)c1cc(F)cc2ccoc12. The summed E-state index contributed by atoms with van der Waals surface area (Å²) in [7, 11) is 0. The minimum atomic E-state index is -0.759. The van der Waals surface area contributed by atoms with Gasteiger partial charge in [-0.2, -0.15) is 0 Å². The van der Waals surface area contributed by atoms with Crippen molar-refractivity contribution in [2.45, 2.75) is 50.6 Å². The molecule has 212 valence electrons. The number of fused-ring (bicyclic) bond motifs is 2. The Labute approximate surface area is 229 Å². The molecule has 0 bridgehead atoms. The number of carbonyl (C=O) groups excluding carboxylic acids is 2. The zero-order valence-corrected chi connectivity index (χ0v) is 22.3. The topological polar surface area (TPSA) is 131 Å². The van der Waals surface area contributed by atoms with Crippen LogP contribution in [-0.2, 0) is 19.1 Å². The first-order chi connectivity index (χ1) is 19.1. The average molecular weight is 555 g/mol. The van der Waals surface area contributed by atoms with Gasteiger partial charge in [0.15, 0.2) is 0 Å². The Morgan fingerprint density at radius 1 is 0.775 bits per heavy atom. The van der Waals surface area contributed by atoms with Gasteiger partial charge in [-0.3, -0.25) is 0 Å². The summed E-state index contributed by atoms with van der Waals surface area (Å²) in [6, 6.07) is 7.95. The maximum Gasteiger partial charge on any atom is 0.331 e. The smallest absolute Gasteiger partial charge is 0.331 e. The quantitative estimate of drug-likeness (QED) is 0.175. The number of halogens is 2. The second kappa shape index (κ2) is 12.9.